The van der Waals surface area contributed by atoms with Gasteiger partial charge in [0.25, 0.3) is 5.91 Å². The molecule has 1 N–H and O–H groups in total. The number of aryl methyl sites for hydroxylation is 1. The molecule has 1 saturated heterocycles. The van der Waals surface area contributed by atoms with Crippen LogP contribution in [-0.2, 0) is 11.4 Å². The van der Waals surface area contributed by atoms with E-state index in [9.17, 15) is 4.79 Å². The van der Waals surface area contributed by atoms with Crippen LogP contribution in [0.25, 0.3) is 6.08 Å². The molecule has 152 valence electrons. The zero-order valence-electron chi connectivity index (χ0n) is 15.8. The summed E-state index contributed by atoms with van der Waals surface area (Å²) < 4.78 is 12.3. The number of nitrogens with zero attached hydrogens (tertiary/aromatic N) is 1. The number of rotatable bonds is 5. The molecule has 1 amide bonds. The maximum absolute atomic E-state index is 12.8. The summed E-state index contributed by atoms with van der Waals surface area (Å²) in [6.07, 6.45) is 1.63. The van der Waals surface area contributed by atoms with Crippen molar-refractivity contribution in [1.29, 1.82) is 0 Å². The minimum Gasteiger partial charge on any atom is -0.484 e. The molecule has 3 aromatic rings. The van der Waals surface area contributed by atoms with Crippen LogP contribution < -0.4 is 15.0 Å². The third-order valence-corrected chi connectivity index (χ3v) is 5.44. The number of hydrogen-bond acceptors (Lipinski definition) is 4. The number of carbonyl (C=O) groups is 1. The lowest BCUT2D eigenvalue weighted by Gasteiger charge is -2.14. The fraction of sp³-hybridized carbons (Fsp3) is 0.0909. The van der Waals surface area contributed by atoms with Gasteiger partial charge in [0, 0.05) is 10.5 Å². The smallest absolute Gasteiger partial charge is 0.281 e. The topological polar surface area (TPSA) is 54.7 Å². The number of halogens is 2. The van der Waals surface area contributed by atoms with Gasteiger partial charge in [0.05, 0.1) is 10.7 Å². The van der Waals surface area contributed by atoms with Gasteiger partial charge in [-0.3, -0.25) is 9.69 Å². The SMILES string of the molecule is Cc1cccc(N2C(=O)/C(=C\c3ccc(COc4ccc(Br)cc4Cl)o3)NC2=S)c1. The highest BCUT2D eigenvalue weighted by Crippen LogP contribution is 2.29. The molecule has 2 heterocycles. The average molecular weight is 504 g/mol. The molecule has 1 aliphatic rings. The molecular formula is C22H16BrClN2O3S. The van der Waals surface area contributed by atoms with Gasteiger partial charge in [0.15, 0.2) is 5.11 Å². The number of furan rings is 1. The third kappa shape index (κ3) is 4.43. The van der Waals surface area contributed by atoms with Gasteiger partial charge in [0.2, 0.25) is 0 Å². The van der Waals surface area contributed by atoms with E-state index in [1.807, 2.05) is 37.3 Å². The van der Waals surface area contributed by atoms with Gasteiger partial charge in [-0.2, -0.15) is 0 Å². The largest absolute Gasteiger partial charge is 0.484 e. The molecule has 0 unspecified atom stereocenters. The molecule has 0 spiro atoms. The number of amides is 1. The summed E-state index contributed by atoms with van der Waals surface area (Å²) >= 11 is 14.9. The predicted molar refractivity (Wildman–Crippen MR) is 125 cm³/mol. The first kappa shape index (κ1) is 20.7. The van der Waals surface area contributed by atoms with E-state index in [0.717, 1.165) is 15.7 Å². The summed E-state index contributed by atoms with van der Waals surface area (Å²) in [7, 11) is 0. The van der Waals surface area contributed by atoms with E-state index in [0.29, 0.717) is 33.1 Å². The summed E-state index contributed by atoms with van der Waals surface area (Å²) in [5.41, 5.74) is 2.11. The highest BCUT2D eigenvalue weighted by molar-refractivity contribution is 9.10. The van der Waals surface area contributed by atoms with Crippen molar-refractivity contribution in [3.8, 4) is 5.75 Å². The van der Waals surface area contributed by atoms with Crippen LogP contribution >= 0.6 is 39.7 Å². The molecule has 0 bridgehead atoms. The minimum atomic E-state index is -0.235. The highest BCUT2D eigenvalue weighted by atomic mass is 79.9. The number of carbonyl (C=O) groups excluding carboxylic acids is 1. The van der Waals surface area contributed by atoms with Crippen LogP contribution in [0.3, 0.4) is 0 Å². The van der Waals surface area contributed by atoms with Gasteiger partial charge in [-0.25, -0.2) is 0 Å². The number of ether oxygens (including phenoxy) is 1. The van der Waals surface area contributed by atoms with E-state index < -0.39 is 0 Å². The van der Waals surface area contributed by atoms with E-state index in [4.69, 9.17) is 33.0 Å². The summed E-state index contributed by atoms with van der Waals surface area (Å²) in [4.78, 5) is 14.3. The van der Waals surface area contributed by atoms with Gasteiger partial charge in [-0.1, -0.05) is 39.7 Å². The van der Waals surface area contributed by atoms with Crippen molar-refractivity contribution < 1.29 is 13.9 Å². The zero-order valence-corrected chi connectivity index (χ0v) is 19.0. The van der Waals surface area contributed by atoms with Crippen LogP contribution in [0.15, 0.2) is 69.2 Å². The van der Waals surface area contributed by atoms with Crippen LogP contribution in [0.4, 0.5) is 5.69 Å². The van der Waals surface area contributed by atoms with Crippen molar-refractivity contribution in [2.75, 3.05) is 4.90 Å². The van der Waals surface area contributed by atoms with E-state index >= 15 is 0 Å². The van der Waals surface area contributed by atoms with Crippen molar-refractivity contribution in [3.05, 3.63) is 86.9 Å². The van der Waals surface area contributed by atoms with Crippen molar-refractivity contribution in [1.82, 2.24) is 5.32 Å². The monoisotopic (exact) mass is 502 g/mol. The summed E-state index contributed by atoms with van der Waals surface area (Å²) in [5, 5.41) is 3.79. The number of hydrogen-bond donors (Lipinski definition) is 1. The number of benzene rings is 2. The Bertz CT molecular complexity index is 1170. The fourth-order valence-electron chi connectivity index (χ4n) is 2.97. The first-order chi connectivity index (χ1) is 14.4. The Labute approximate surface area is 192 Å². The summed E-state index contributed by atoms with van der Waals surface area (Å²) in [6, 6.07) is 16.5. The first-order valence-corrected chi connectivity index (χ1v) is 10.6. The molecule has 30 heavy (non-hydrogen) atoms. The number of anilines is 1. The number of nitrogens with one attached hydrogen (secondary N) is 1. The molecule has 0 radical (unpaired) electrons. The lowest BCUT2D eigenvalue weighted by molar-refractivity contribution is -0.113. The van der Waals surface area contributed by atoms with Crippen LogP contribution in [0.2, 0.25) is 5.02 Å². The summed E-state index contributed by atoms with van der Waals surface area (Å²) in [6.45, 7) is 2.17. The molecule has 1 aliphatic heterocycles. The fourth-order valence-corrected chi connectivity index (χ4v) is 4.00. The van der Waals surface area contributed by atoms with E-state index in [1.165, 1.54) is 4.90 Å². The normalized spacial score (nSPS) is 15.0. The highest BCUT2D eigenvalue weighted by Gasteiger charge is 2.32. The molecule has 1 fully saturated rings. The molecule has 1 aromatic heterocycles. The van der Waals surface area contributed by atoms with Crippen LogP contribution in [0.5, 0.6) is 5.75 Å². The maximum Gasteiger partial charge on any atom is 0.281 e. The standard InChI is InChI=1S/C22H16BrClN2O3S/c1-13-3-2-4-15(9-13)26-21(27)19(25-22(26)30)11-16-6-7-17(29-16)12-28-20-8-5-14(23)10-18(20)24/h2-11H,12H2,1H3,(H,25,30)/b19-11+. The average Bonchev–Trinajstić information content (AvgIpc) is 3.25. The van der Waals surface area contributed by atoms with Crippen LogP contribution in [-0.4, -0.2) is 11.0 Å². The summed E-state index contributed by atoms with van der Waals surface area (Å²) in [5.74, 6) is 1.44. The van der Waals surface area contributed by atoms with Crippen molar-refractivity contribution in [2.24, 2.45) is 0 Å². The van der Waals surface area contributed by atoms with Crippen molar-refractivity contribution in [2.45, 2.75) is 13.5 Å². The second kappa shape index (κ2) is 8.63. The Morgan fingerprint density at radius 1 is 1.23 bits per heavy atom. The third-order valence-electron chi connectivity index (χ3n) is 4.37. The molecule has 4 rings (SSSR count). The van der Waals surface area contributed by atoms with Gasteiger partial charge >= 0.3 is 0 Å². The minimum absolute atomic E-state index is 0.208. The molecular weight excluding hydrogens is 488 g/mol. The zero-order chi connectivity index (χ0) is 21.3. The Hall–Kier alpha value is -2.61. The second-order valence-corrected chi connectivity index (χ2v) is 8.34. The van der Waals surface area contributed by atoms with E-state index in [1.54, 1.807) is 30.3 Å². The van der Waals surface area contributed by atoms with Crippen LogP contribution in [0.1, 0.15) is 17.1 Å². The Balaban J connectivity index is 1.47. The Kier molecular flexibility index (Phi) is 5.94. The lowest BCUT2D eigenvalue weighted by Crippen LogP contribution is -2.30. The molecule has 0 aliphatic carbocycles. The molecule has 0 atom stereocenters. The Morgan fingerprint density at radius 2 is 2.07 bits per heavy atom. The van der Waals surface area contributed by atoms with Gasteiger partial charge in [-0.05, 0) is 67.2 Å². The molecule has 5 nitrogen and oxygen atoms in total. The van der Waals surface area contributed by atoms with Crippen molar-refractivity contribution in [3.63, 3.8) is 0 Å². The quantitative estimate of drug-likeness (QED) is 0.350. The van der Waals surface area contributed by atoms with Gasteiger partial charge in [0.1, 0.15) is 29.6 Å². The molecule has 0 saturated carbocycles. The van der Waals surface area contributed by atoms with Gasteiger partial charge in [-0.15, -0.1) is 0 Å². The maximum atomic E-state index is 12.8. The predicted octanol–water partition coefficient (Wildman–Crippen LogP) is 5.85. The van der Waals surface area contributed by atoms with E-state index in [-0.39, 0.29) is 12.5 Å². The Morgan fingerprint density at radius 3 is 2.83 bits per heavy atom. The van der Waals surface area contributed by atoms with Gasteiger partial charge < -0.3 is 14.5 Å². The first-order valence-electron chi connectivity index (χ1n) is 9.01. The lowest BCUT2D eigenvalue weighted by atomic mass is 10.2. The van der Waals surface area contributed by atoms with Crippen molar-refractivity contribution >= 4 is 62.5 Å². The van der Waals surface area contributed by atoms with E-state index in [2.05, 4.69) is 21.2 Å². The van der Waals surface area contributed by atoms with Crippen LogP contribution in [0, 0.1) is 6.92 Å². The number of thiocarbonyl (C=S) groups is 1. The molecule has 8 heteroatoms. The molecule has 2 aromatic carbocycles. The second-order valence-electron chi connectivity index (χ2n) is 6.64.